The molecule has 34 heavy (non-hydrogen) atoms. The first-order valence-corrected chi connectivity index (χ1v) is 11.5. The fourth-order valence-corrected chi connectivity index (χ4v) is 4.20. The molecule has 1 saturated heterocycles. The van der Waals surface area contributed by atoms with Crippen molar-refractivity contribution < 1.29 is 23.9 Å². The van der Waals surface area contributed by atoms with Gasteiger partial charge in [0.2, 0.25) is 11.8 Å². The highest BCUT2D eigenvalue weighted by Crippen LogP contribution is 2.31. The van der Waals surface area contributed by atoms with Crippen LogP contribution in [0.2, 0.25) is 0 Å². The normalized spacial score (nSPS) is 14.8. The summed E-state index contributed by atoms with van der Waals surface area (Å²) in [6, 6.07) is 12.2. The van der Waals surface area contributed by atoms with Crippen molar-refractivity contribution in [3.63, 3.8) is 0 Å². The van der Waals surface area contributed by atoms with Crippen LogP contribution in [0.25, 0.3) is 0 Å². The largest absolute Gasteiger partial charge is 0.493 e. The van der Waals surface area contributed by atoms with Crippen LogP contribution in [0.4, 0.5) is 0 Å². The Bertz CT molecular complexity index is 1010. The number of nitrogens with zero attached hydrogens (tertiary/aromatic N) is 1. The third-order valence-corrected chi connectivity index (χ3v) is 6.03. The van der Waals surface area contributed by atoms with Crippen molar-refractivity contribution >= 4 is 17.7 Å². The van der Waals surface area contributed by atoms with Crippen molar-refractivity contribution in [2.45, 2.75) is 45.2 Å². The van der Waals surface area contributed by atoms with Crippen LogP contribution in [0.1, 0.15) is 41.3 Å². The van der Waals surface area contributed by atoms with E-state index in [4.69, 9.17) is 9.47 Å². The Morgan fingerprint density at radius 2 is 1.71 bits per heavy atom. The zero-order valence-corrected chi connectivity index (χ0v) is 20.2. The fraction of sp³-hybridized carbons (Fsp3) is 0.423. The summed E-state index contributed by atoms with van der Waals surface area (Å²) in [4.78, 5) is 39.5. The highest BCUT2D eigenvalue weighted by molar-refractivity contribution is 5.94. The Morgan fingerprint density at radius 1 is 1.03 bits per heavy atom. The SMILES string of the molecule is COc1cccc(CC(NC(C)=O)C(=O)NC2CCN(C(=O)c3ccc(C)cc3)CC2)c1OC. The molecule has 2 aromatic carbocycles. The molecule has 0 bridgehead atoms. The molecule has 3 amide bonds. The molecule has 8 nitrogen and oxygen atoms in total. The maximum atomic E-state index is 13.1. The molecule has 3 rings (SSSR count). The van der Waals surface area contributed by atoms with Crippen LogP contribution >= 0.6 is 0 Å². The smallest absolute Gasteiger partial charge is 0.253 e. The molecule has 1 atom stereocenters. The lowest BCUT2D eigenvalue weighted by Crippen LogP contribution is -2.53. The number of carbonyl (C=O) groups excluding carboxylic acids is 3. The predicted molar refractivity (Wildman–Crippen MR) is 129 cm³/mol. The minimum Gasteiger partial charge on any atom is -0.493 e. The third-order valence-electron chi connectivity index (χ3n) is 6.03. The summed E-state index contributed by atoms with van der Waals surface area (Å²) in [5.74, 6) is 0.554. The Labute approximate surface area is 200 Å². The van der Waals surface area contributed by atoms with E-state index in [9.17, 15) is 14.4 Å². The van der Waals surface area contributed by atoms with Gasteiger partial charge in [0, 0.05) is 43.6 Å². The lowest BCUT2D eigenvalue weighted by molar-refractivity contribution is -0.128. The zero-order valence-electron chi connectivity index (χ0n) is 20.2. The molecule has 2 N–H and O–H groups in total. The van der Waals surface area contributed by atoms with Gasteiger partial charge in [0.25, 0.3) is 5.91 Å². The number of aryl methyl sites for hydroxylation is 1. The number of hydrogen-bond acceptors (Lipinski definition) is 5. The van der Waals surface area contributed by atoms with Gasteiger partial charge >= 0.3 is 0 Å². The molecule has 1 unspecified atom stereocenters. The van der Waals surface area contributed by atoms with Crippen molar-refractivity contribution in [1.82, 2.24) is 15.5 Å². The molecule has 0 saturated carbocycles. The highest BCUT2D eigenvalue weighted by atomic mass is 16.5. The number of carbonyl (C=O) groups is 3. The van der Waals surface area contributed by atoms with Crippen molar-refractivity contribution in [3.05, 3.63) is 59.2 Å². The van der Waals surface area contributed by atoms with Gasteiger partial charge in [-0.2, -0.15) is 0 Å². The topological polar surface area (TPSA) is 97.0 Å². The number of piperidine rings is 1. The van der Waals surface area contributed by atoms with Gasteiger partial charge in [0.15, 0.2) is 11.5 Å². The van der Waals surface area contributed by atoms with Crippen molar-refractivity contribution in [3.8, 4) is 11.5 Å². The van der Waals surface area contributed by atoms with Crippen LogP contribution < -0.4 is 20.1 Å². The number of para-hydroxylation sites is 1. The number of ether oxygens (including phenoxy) is 2. The fourth-order valence-electron chi connectivity index (χ4n) is 4.20. The molecule has 8 heteroatoms. The number of amides is 3. The summed E-state index contributed by atoms with van der Waals surface area (Å²) >= 11 is 0. The monoisotopic (exact) mass is 467 g/mol. The molecular formula is C26H33N3O5. The maximum Gasteiger partial charge on any atom is 0.253 e. The predicted octanol–water partition coefficient (Wildman–Crippen LogP) is 2.48. The summed E-state index contributed by atoms with van der Waals surface area (Å²) in [5, 5.41) is 5.80. The van der Waals surface area contributed by atoms with E-state index in [2.05, 4.69) is 10.6 Å². The van der Waals surface area contributed by atoms with Gasteiger partial charge in [-0.15, -0.1) is 0 Å². The number of rotatable bonds is 8. The van der Waals surface area contributed by atoms with E-state index in [1.54, 1.807) is 20.3 Å². The van der Waals surface area contributed by atoms with E-state index < -0.39 is 6.04 Å². The number of methoxy groups -OCH3 is 2. The molecule has 2 aromatic rings. The number of benzene rings is 2. The van der Waals surface area contributed by atoms with E-state index in [1.165, 1.54) is 6.92 Å². The molecule has 1 aliphatic rings. The molecule has 0 radical (unpaired) electrons. The average Bonchev–Trinajstić information content (AvgIpc) is 2.83. The van der Waals surface area contributed by atoms with E-state index in [0.717, 1.165) is 11.1 Å². The molecule has 182 valence electrons. The number of likely N-dealkylation sites (tertiary alicyclic amines) is 1. The molecule has 1 aliphatic heterocycles. The lowest BCUT2D eigenvalue weighted by atomic mass is 10.0. The van der Waals surface area contributed by atoms with Gasteiger partial charge in [-0.05, 0) is 38.0 Å². The second-order valence-electron chi connectivity index (χ2n) is 8.55. The van der Waals surface area contributed by atoms with Gasteiger partial charge in [-0.25, -0.2) is 0 Å². The highest BCUT2D eigenvalue weighted by Gasteiger charge is 2.28. The third kappa shape index (κ3) is 6.27. The first kappa shape index (κ1) is 25.1. The second-order valence-corrected chi connectivity index (χ2v) is 8.55. The van der Waals surface area contributed by atoms with Crippen molar-refractivity contribution in [2.75, 3.05) is 27.3 Å². The quantitative estimate of drug-likeness (QED) is 0.622. The number of hydrogen-bond donors (Lipinski definition) is 2. The summed E-state index contributed by atoms with van der Waals surface area (Å²) in [6.07, 6.45) is 1.56. The second kappa shape index (κ2) is 11.5. The van der Waals surface area contributed by atoms with E-state index in [0.29, 0.717) is 43.0 Å². The molecule has 1 fully saturated rings. The Kier molecular flexibility index (Phi) is 8.51. The first-order valence-electron chi connectivity index (χ1n) is 11.5. The Balaban J connectivity index is 1.62. The van der Waals surface area contributed by atoms with E-state index in [1.807, 2.05) is 48.2 Å². The zero-order chi connectivity index (χ0) is 24.7. The van der Waals surface area contributed by atoms with Crippen LogP contribution in [0.5, 0.6) is 11.5 Å². The van der Waals surface area contributed by atoms with Crippen LogP contribution in [0, 0.1) is 6.92 Å². The van der Waals surface area contributed by atoms with Crippen LogP contribution in [-0.4, -0.2) is 62.0 Å². The van der Waals surface area contributed by atoms with Gasteiger partial charge < -0.3 is 25.0 Å². The minimum atomic E-state index is -0.759. The maximum absolute atomic E-state index is 13.1. The minimum absolute atomic E-state index is 0.00557. The van der Waals surface area contributed by atoms with Crippen molar-refractivity contribution in [2.24, 2.45) is 0 Å². The van der Waals surface area contributed by atoms with E-state index >= 15 is 0 Å². The van der Waals surface area contributed by atoms with Crippen LogP contribution in [-0.2, 0) is 16.0 Å². The summed E-state index contributed by atoms with van der Waals surface area (Å²) < 4.78 is 10.8. The van der Waals surface area contributed by atoms with Gasteiger partial charge in [0.1, 0.15) is 6.04 Å². The molecule has 1 heterocycles. The number of nitrogens with one attached hydrogen (secondary N) is 2. The lowest BCUT2D eigenvalue weighted by Gasteiger charge is -2.33. The Morgan fingerprint density at radius 3 is 2.29 bits per heavy atom. The van der Waals surface area contributed by atoms with Gasteiger partial charge in [-0.3, -0.25) is 14.4 Å². The summed E-state index contributed by atoms with van der Waals surface area (Å²) in [7, 11) is 3.09. The van der Waals surface area contributed by atoms with Gasteiger partial charge in [-0.1, -0.05) is 29.8 Å². The van der Waals surface area contributed by atoms with Gasteiger partial charge in [0.05, 0.1) is 14.2 Å². The Hall–Kier alpha value is -3.55. The molecule has 0 aliphatic carbocycles. The first-order chi connectivity index (χ1) is 16.3. The van der Waals surface area contributed by atoms with Crippen LogP contribution in [0.15, 0.2) is 42.5 Å². The molecule has 0 aromatic heterocycles. The average molecular weight is 468 g/mol. The summed E-state index contributed by atoms with van der Waals surface area (Å²) in [5.41, 5.74) is 2.54. The van der Waals surface area contributed by atoms with Crippen LogP contribution in [0.3, 0.4) is 0 Å². The summed E-state index contributed by atoms with van der Waals surface area (Å²) in [6.45, 7) is 4.50. The standard InChI is InChI=1S/C26H33N3O5/c1-17-8-10-19(11-9-17)26(32)29-14-12-21(13-15-29)28-25(31)22(27-18(2)30)16-20-6-5-7-23(33-3)24(20)34-4/h5-11,21-22H,12-16H2,1-4H3,(H,27,30)(H,28,31). The molecular weight excluding hydrogens is 434 g/mol. The van der Waals surface area contributed by atoms with Crippen molar-refractivity contribution in [1.29, 1.82) is 0 Å². The van der Waals surface area contributed by atoms with E-state index in [-0.39, 0.29) is 30.2 Å². The molecule has 0 spiro atoms.